The van der Waals surface area contributed by atoms with Gasteiger partial charge < -0.3 is 10.0 Å². The van der Waals surface area contributed by atoms with E-state index < -0.39 is 12.0 Å². The molecule has 2 aliphatic heterocycles. The van der Waals surface area contributed by atoms with Crippen molar-refractivity contribution >= 4 is 28.4 Å². The molecule has 4 heteroatoms. The fourth-order valence-corrected chi connectivity index (χ4v) is 9.03. The van der Waals surface area contributed by atoms with E-state index in [9.17, 15) is 9.90 Å². The van der Waals surface area contributed by atoms with E-state index in [1.165, 1.54) is 22.5 Å². The lowest BCUT2D eigenvalue weighted by Crippen LogP contribution is -2.46. The average molecular weight is 688 g/mol. The number of allylic oxidation sites excluding steroid dienone is 10. The van der Waals surface area contributed by atoms with Crippen molar-refractivity contribution in [3.63, 3.8) is 0 Å². The molecule has 0 spiro atoms. The molecule has 3 unspecified atom stereocenters. The second-order valence-electron chi connectivity index (χ2n) is 15.8. The van der Waals surface area contributed by atoms with E-state index in [1.54, 1.807) is 0 Å². The molecular weight excluding hydrogens is 637 g/mol. The molecule has 3 atom stereocenters. The molecule has 1 saturated carbocycles. The zero-order valence-electron chi connectivity index (χ0n) is 30.8. The number of Topliss-reactive ketones (excluding diaryl/α,β-unsaturated/α-hetero) is 1. The van der Waals surface area contributed by atoms with E-state index in [-0.39, 0.29) is 11.2 Å². The minimum absolute atomic E-state index is 0.0441. The molecule has 8 rings (SSSR count). The Hall–Kier alpha value is -4.80. The third kappa shape index (κ3) is 6.21. The summed E-state index contributed by atoms with van der Waals surface area (Å²) in [6.07, 6.45) is 23.6. The Morgan fingerprint density at radius 3 is 2.21 bits per heavy atom. The lowest BCUT2D eigenvalue weighted by Gasteiger charge is -2.37. The Balaban J connectivity index is 1.20. The summed E-state index contributed by atoms with van der Waals surface area (Å²) in [4.78, 5) is 17.2. The maximum Gasteiger partial charge on any atom is 0.213 e. The number of aliphatic hydroxyl groups excluding tert-OH is 1. The molecule has 0 saturated heterocycles. The van der Waals surface area contributed by atoms with Crippen LogP contribution in [0, 0.1) is 23.7 Å². The van der Waals surface area contributed by atoms with E-state index in [0.717, 1.165) is 61.3 Å². The van der Waals surface area contributed by atoms with Crippen LogP contribution in [0.25, 0.3) is 5.57 Å². The smallest absolute Gasteiger partial charge is 0.213 e. The predicted molar refractivity (Wildman–Crippen MR) is 214 cm³/mol. The van der Waals surface area contributed by atoms with Crippen molar-refractivity contribution in [3.8, 4) is 0 Å². The normalized spacial score (nSPS) is 25.8. The van der Waals surface area contributed by atoms with Crippen molar-refractivity contribution in [2.75, 3.05) is 18.0 Å². The highest BCUT2D eigenvalue weighted by Gasteiger charge is 2.52. The number of nitrogens with zero attached hydrogens (tertiary/aromatic N) is 2. The molecule has 1 N–H and O–H groups in total. The van der Waals surface area contributed by atoms with Crippen LogP contribution in [-0.4, -0.2) is 40.4 Å². The van der Waals surface area contributed by atoms with Crippen molar-refractivity contribution < 1.29 is 14.5 Å². The van der Waals surface area contributed by atoms with Crippen molar-refractivity contribution in [3.05, 3.63) is 162 Å². The quantitative estimate of drug-likeness (QED) is 0.152. The number of hydrogen-bond acceptors (Lipinski definition) is 3. The Kier molecular flexibility index (Phi) is 9.44. The summed E-state index contributed by atoms with van der Waals surface area (Å²) in [5.74, 6) is 0.824. The fourth-order valence-electron chi connectivity index (χ4n) is 9.03. The molecule has 0 amide bonds. The van der Waals surface area contributed by atoms with Gasteiger partial charge in [-0.05, 0) is 61.3 Å². The van der Waals surface area contributed by atoms with Crippen LogP contribution in [-0.2, 0) is 16.6 Å². The van der Waals surface area contributed by atoms with Gasteiger partial charge in [0, 0.05) is 47.3 Å². The summed E-state index contributed by atoms with van der Waals surface area (Å²) in [6.45, 7) is 8.62. The maximum atomic E-state index is 14.7. The molecule has 2 heterocycles. The Morgan fingerprint density at radius 2 is 1.50 bits per heavy atom. The van der Waals surface area contributed by atoms with Crippen LogP contribution in [0.15, 0.2) is 145 Å². The molecular formula is C48H51N2O2+. The monoisotopic (exact) mass is 687 g/mol. The first-order valence-electron chi connectivity index (χ1n) is 19.4. The number of carbonyl (C=O) groups excluding carboxylic acids is 1. The summed E-state index contributed by atoms with van der Waals surface area (Å²) in [5.41, 5.74) is 9.43. The minimum atomic E-state index is -0.880. The molecule has 1 fully saturated rings. The average Bonchev–Trinajstić information content (AvgIpc) is 3.97. The zero-order valence-corrected chi connectivity index (χ0v) is 30.8. The van der Waals surface area contributed by atoms with Gasteiger partial charge in [0.2, 0.25) is 5.69 Å². The predicted octanol–water partition coefficient (Wildman–Crippen LogP) is 9.70. The van der Waals surface area contributed by atoms with Crippen LogP contribution in [0.1, 0.15) is 63.1 Å². The SMILES string of the molecule is CC(C)CCN1C(=CC2C(=O)C(=C3C(Cc4ccccc4)=[N+](CCC4C=CC=C4)c4ccccc43)C2O)C(C)(CCC2C=CC=C2)c2ccccc21. The van der Waals surface area contributed by atoms with Gasteiger partial charge in [-0.2, -0.15) is 4.58 Å². The Labute approximate surface area is 309 Å². The topological polar surface area (TPSA) is 43.5 Å². The zero-order chi connectivity index (χ0) is 35.8. The number of rotatable bonds is 12. The van der Waals surface area contributed by atoms with Crippen LogP contribution in [0.2, 0.25) is 0 Å². The van der Waals surface area contributed by atoms with Crippen LogP contribution in [0.4, 0.5) is 11.4 Å². The van der Waals surface area contributed by atoms with Gasteiger partial charge in [0.25, 0.3) is 0 Å². The summed E-state index contributed by atoms with van der Waals surface area (Å²) in [7, 11) is 0. The number of benzene rings is 3. The van der Waals surface area contributed by atoms with E-state index in [1.807, 2.05) is 6.07 Å². The third-order valence-electron chi connectivity index (χ3n) is 12.0. The molecule has 0 aromatic heterocycles. The Bertz CT molecular complexity index is 2050. The maximum absolute atomic E-state index is 14.7. The number of anilines is 1. The first-order valence-corrected chi connectivity index (χ1v) is 19.4. The molecule has 52 heavy (non-hydrogen) atoms. The molecule has 3 aliphatic carbocycles. The molecule has 0 radical (unpaired) electrons. The first kappa shape index (κ1) is 34.3. The van der Waals surface area contributed by atoms with Crippen LogP contribution in [0.5, 0.6) is 0 Å². The van der Waals surface area contributed by atoms with E-state index in [2.05, 4.69) is 158 Å². The summed E-state index contributed by atoms with van der Waals surface area (Å²) in [5, 5.41) is 12.2. The van der Waals surface area contributed by atoms with Crippen LogP contribution in [0.3, 0.4) is 0 Å². The van der Waals surface area contributed by atoms with E-state index >= 15 is 0 Å². The number of carbonyl (C=O) groups is 1. The van der Waals surface area contributed by atoms with Gasteiger partial charge in [-0.1, -0.05) is 129 Å². The molecule has 3 aromatic rings. The van der Waals surface area contributed by atoms with Gasteiger partial charge in [-0.15, -0.1) is 0 Å². The Morgan fingerprint density at radius 1 is 0.846 bits per heavy atom. The largest absolute Gasteiger partial charge is 0.387 e. The highest BCUT2D eigenvalue weighted by molar-refractivity contribution is 6.33. The lowest BCUT2D eigenvalue weighted by molar-refractivity contribution is -0.439. The van der Waals surface area contributed by atoms with Gasteiger partial charge in [-0.3, -0.25) is 4.79 Å². The molecule has 264 valence electrons. The van der Waals surface area contributed by atoms with Crippen LogP contribution < -0.4 is 4.90 Å². The summed E-state index contributed by atoms with van der Waals surface area (Å²) < 4.78 is 2.42. The van der Waals surface area contributed by atoms with E-state index in [0.29, 0.717) is 29.7 Å². The minimum Gasteiger partial charge on any atom is -0.387 e. The number of ketones is 1. The van der Waals surface area contributed by atoms with Crippen molar-refractivity contribution in [2.45, 2.75) is 64.4 Å². The first-order chi connectivity index (χ1) is 25.3. The number of hydrogen-bond donors (Lipinski definition) is 1. The van der Waals surface area contributed by atoms with Crippen molar-refractivity contribution in [1.29, 1.82) is 0 Å². The highest BCUT2D eigenvalue weighted by atomic mass is 16.3. The van der Waals surface area contributed by atoms with Crippen molar-refractivity contribution in [2.24, 2.45) is 23.7 Å². The second-order valence-corrected chi connectivity index (χ2v) is 15.8. The fraction of sp³-hybridized carbons (Fsp3) is 0.333. The molecule has 4 nitrogen and oxygen atoms in total. The van der Waals surface area contributed by atoms with Gasteiger partial charge in [0.05, 0.1) is 29.6 Å². The molecule has 0 bridgehead atoms. The van der Waals surface area contributed by atoms with Gasteiger partial charge in [-0.25, -0.2) is 0 Å². The highest BCUT2D eigenvalue weighted by Crippen LogP contribution is 2.53. The standard InChI is InChI=1S/C48H51N2O2/c1-33(2)26-29-50-41-24-14-12-22-39(41)48(3,28-25-34-15-7-8-16-34)43(50)32-38-46(51)45(47(38)52)44-37-21-11-13-23-40(37)49(30-27-35-17-9-10-18-35)42(44)31-36-19-5-4-6-20-36/h4-24,32-35,38,46,51H,25-31H2,1-3H3/q+1. The van der Waals surface area contributed by atoms with Crippen LogP contribution >= 0.6 is 0 Å². The number of para-hydroxylation sites is 2. The van der Waals surface area contributed by atoms with Gasteiger partial charge >= 0.3 is 0 Å². The van der Waals surface area contributed by atoms with Gasteiger partial charge in [0.1, 0.15) is 6.54 Å². The van der Waals surface area contributed by atoms with Crippen molar-refractivity contribution in [1.82, 2.24) is 0 Å². The molecule has 5 aliphatic rings. The van der Waals surface area contributed by atoms with E-state index in [4.69, 9.17) is 0 Å². The van der Waals surface area contributed by atoms with Gasteiger partial charge in [0.15, 0.2) is 11.5 Å². The molecule has 3 aromatic carbocycles. The summed E-state index contributed by atoms with van der Waals surface area (Å²) in [6, 6.07) is 27.8. The third-order valence-corrected chi connectivity index (χ3v) is 12.0. The summed E-state index contributed by atoms with van der Waals surface area (Å²) >= 11 is 0. The number of aliphatic hydroxyl groups is 1. The number of fused-ring (bicyclic) bond motifs is 2. The lowest BCUT2D eigenvalue weighted by atomic mass is 9.68. The second kappa shape index (κ2) is 14.3.